The summed E-state index contributed by atoms with van der Waals surface area (Å²) >= 11 is 0. The van der Waals surface area contributed by atoms with Crippen LogP contribution in [-0.4, -0.2) is 48.8 Å². The average molecular weight is 331 g/mol. The van der Waals surface area contributed by atoms with E-state index in [0.717, 1.165) is 19.6 Å². The first-order chi connectivity index (χ1) is 11.1. The number of piperazine rings is 1. The van der Waals surface area contributed by atoms with Crippen LogP contribution in [0.3, 0.4) is 0 Å². The smallest absolute Gasteiger partial charge is 0.244 e. The van der Waals surface area contributed by atoms with Crippen molar-refractivity contribution >= 4 is 10.0 Å². The van der Waals surface area contributed by atoms with E-state index in [0.29, 0.717) is 13.1 Å². The highest BCUT2D eigenvalue weighted by molar-refractivity contribution is 7.89. The minimum Gasteiger partial charge on any atom is -0.296 e. The molecule has 0 amide bonds. The van der Waals surface area contributed by atoms with Crippen LogP contribution in [-0.2, 0) is 16.6 Å². The third-order valence-corrected chi connectivity index (χ3v) is 6.14. The molecule has 0 unspecified atom stereocenters. The molecule has 0 radical (unpaired) electrons. The first kappa shape index (κ1) is 16.1. The summed E-state index contributed by atoms with van der Waals surface area (Å²) < 4.78 is 26.7. The van der Waals surface area contributed by atoms with Crippen LogP contribution in [0.25, 0.3) is 0 Å². The molecule has 122 valence electrons. The number of nitrogens with zero attached hydrogens (tertiary/aromatic N) is 3. The average Bonchev–Trinajstić information content (AvgIpc) is 2.58. The molecular weight excluding hydrogens is 310 g/mol. The fourth-order valence-electron chi connectivity index (χ4n) is 2.81. The van der Waals surface area contributed by atoms with Crippen molar-refractivity contribution in [3.63, 3.8) is 0 Å². The van der Waals surface area contributed by atoms with Gasteiger partial charge in [0, 0.05) is 45.1 Å². The summed E-state index contributed by atoms with van der Waals surface area (Å²) in [6.07, 6.45) is 2.99. The number of hydrogen-bond donors (Lipinski definition) is 0. The molecule has 1 saturated heterocycles. The molecule has 23 heavy (non-hydrogen) atoms. The summed E-state index contributed by atoms with van der Waals surface area (Å²) in [5.41, 5.74) is 2.58. The van der Waals surface area contributed by atoms with Crippen molar-refractivity contribution in [1.29, 1.82) is 0 Å². The molecule has 0 spiro atoms. The maximum Gasteiger partial charge on any atom is 0.244 e. The van der Waals surface area contributed by atoms with Crippen LogP contribution in [0.4, 0.5) is 0 Å². The Balaban J connectivity index is 1.64. The maximum atomic E-state index is 12.6. The van der Waals surface area contributed by atoms with Crippen molar-refractivity contribution in [2.45, 2.75) is 18.4 Å². The van der Waals surface area contributed by atoms with Crippen molar-refractivity contribution in [2.24, 2.45) is 0 Å². The Morgan fingerprint density at radius 2 is 1.78 bits per heavy atom. The van der Waals surface area contributed by atoms with Gasteiger partial charge in [0.25, 0.3) is 0 Å². The van der Waals surface area contributed by atoms with Crippen molar-refractivity contribution < 1.29 is 8.42 Å². The van der Waals surface area contributed by atoms with Gasteiger partial charge in [0.15, 0.2) is 0 Å². The monoisotopic (exact) mass is 331 g/mol. The molecule has 1 aliphatic heterocycles. The van der Waals surface area contributed by atoms with E-state index in [-0.39, 0.29) is 4.90 Å². The molecule has 0 bridgehead atoms. The Bertz CT molecular complexity index is 754. The predicted octanol–water partition coefficient (Wildman–Crippen LogP) is 1.90. The van der Waals surface area contributed by atoms with E-state index in [9.17, 15) is 8.42 Å². The second-order valence-electron chi connectivity index (χ2n) is 5.80. The van der Waals surface area contributed by atoms with Gasteiger partial charge in [-0.05, 0) is 30.2 Å². The van der Waals surface area contributed by atoms with Gasteiger partial charge >= 0.3 is 0 Å². The lowest BCUT2D eigenvalue weighted by atomic mass is 10.1. The van der Waals surface area contributed by atoms with Crippen LogP contribution in [0, 0.1) is 6.92 Å². The van der Waals surface area contributed by atoms with E-state index < -0.39 is 10.0 Å². The van der Waals surface area contributed by atoms with Crippen molar-refractivity contribution in [3.8, 4) is 0 Å². The third-order valence-electron chi connectivity index (χ3n) is 4.26. The van der Waals surface area contributed by atoms with E-state index in [1.807, 2.05) is 12.1 Å². The standard InChI is InChI=1S/C17H21N3O2S/c1-15-5-2-3-6-16(15)14-19-9-11-20(12-10-19)23(21,22)17-7-4-8-18-13-17/h2-8,13H,9-12,14H2,1H3. The van der Waals surface area contributed by atoms with E-state index in [4.69, 9.17) is 0 Å². The molecule has 5 nitrogen and oxygen atoms in total. The van der Waals surface area contributed by atoms with Gasteiger partial charge < -0.3 is 0 Å². The Labute approximate surface area is 137 Å². The van der Waals surface area contributed by atoms with Gasteiger partial charge in [-0.25, -0.2) is 8.42 Å². The number of hydrogen-bond acceptors (Lipinski definition) is 4. The van der Waals surface area contributed by atoms with Crippen LogP contribution in [0.5, 0.6) is 0 Å². The molecule has 6 heteroatoms. The lowest BCUT2D eigenvalue weighted by Crippen LogP contribution is -2.48. The molecular formula is C17H21N3O2S. The minimum atomic E-state index is -3.42. The van der Waals surface area contributed by atoms with Gasteiger partial charge in [-0.3, -0.25) is 9.88 Å². The zero-order chi connectivity index (χ0) is 16.3. The van der Waals surface area contributed by atoms with E-state index >= 15 is 0 Å². The van der Waals surface area contributed by atoms with Gasteiger partial charge in [0.2, 0.25) is 10.0 Å². The summed E-state index contributed by atoms with van der Waals surface area (Å²) in [6, 6.07) is 11.6. The summed E-state index contributed by atoms with van der Waals surface area (Å²) in [6.45, 7) is 5.50. The molecule has 0 N–H and O–H groups in total. The highest BCUT2D eigenvalue weighted by atomic mass is 32.2. The van der Waals surface area contributed by atoms with Gasteiger partial charge in [-0.15, -0.1) is 0 Å². The number of sulfonamides is 1. The Morgan fingerprint density at radius 3 is 2.43 bits per heavy atom. The van der Waals surface area contributed by atoms with Gasteiger partial charge in [0.1, 0.15) is 4.90 Å². The van der Waals surface area contributed by atoms with Gasteiger partial charge in [-0.1, -0.05) is 24.3 Å². The van der Waals surface area contributed by atoms with Crippen LogP contribution < -0.4 is 0 Å². The molecule has 2 heterocycles. The first-order valence-electron chi connectivity index (χ1n) is 7.74. The second-order valence-corrected chi connectivity index (χ2v) is 7.73. The quantitative estimate of drug-likeness (QED) is 0.859. The van der Waals surface area contributed by atoms with E-state index in [1.165, 1.54) is 17.3 Å². The Morgan fingerprint density at radius 1 is 1.04 bits per heavy atom. The largest absolute Gasteiger partial charge is 0.296 e. The summed E-state index contributed by atoms with van der Waals surface area (Å²) in [4.78, 5) is 6.48. The number of aryl methyl sites for hydroxylation is 1. The zero-order valence-corrected chi connectivity index (χ0v) is 14.0. The number of rotatable bonds is 4. The second kappa shape index (κ2) is 6.78. The highest BCUT2D eigenvalue weighted by Crippen LogP contribution is 2.18. The molecule has 0 aliphatic carbocycles. The lowest BCUT2D eigenvalue weighted by Gasteiger charge is -2.34. The molecule has 1 fully saturated rings. The van der Waals surface area contributed by atoms with Crippen molar-refractivity contribution in [3.05, 3.63) is 59.9 Å². The summed E-state index contributed by atoms with van der Waals surface area (Å²) in [5, 5.41) is 0. The first-order valence-corrected chi connectivity index (χ1v) is 9.18. The molecule has 0 saturated carbocycles. The van der Waals surface area contributed by atoms with Gasteiger partial charge in [-0.2, -0.15) is 4.31 Å². The number of benzene rings is 1. The van der Waals surface area contributed by atoms with Crippen LogP contribution in [0.15, 0.2) is 53.7 Å². The third kappa shape index (κ3) is 3.60. The number of aromatic nitrogens is 1. The fourth-order valence-corrected chi connectivity index (χ4v) is 4.19. The number of pyridine rings is 1. The Hall–Kier alpha value is -1.76. The van der Waals surface area contributed by atoms with Crippen LogP contribution in [0.1, 0.15) is 11.1 Å². The Kier molecular flexibility index (Phi) is 4.75. The summed E-state index contributed by atoms with van der Waals surface area (Å²) in [5.74, 6) is 0. The SMILES string of the molecule is Cc1ccccc1CN1CCN(S(=O)(=O)c2cccnc2)CC1. The molecule has 1 aromatic carbocycles. The molecule has 0 atom stereocenters. The zero-order valence-electron chi connectivity index (χ0n) is 13.2. The summed E-state index contributed by atoms with van der Waals surface area (Å²) in [7, 11) is -3.42. The van der Waals surface area contributed by atoms with Crippen LogP contribution >= 0.6 is 0 Å². The minimum absolute atomic E-state index is 0.271. The fraction of sp³-hybridized carbons (Fsp3) is 0.353. The maximum absolute atomic E-state index is 12.6. The molecule has 1 aromatic heterocycles. The lowest BCUT2D eigenvalue weighted by molar-refractivity contribution is 0.181. The molecule has 3 rings (SSSR count). The molecule has 2 aromatic rings. The highest BCUT2D eigenvalue weighted by Gasteiger charge is 2.28. The molecule has 1 aliphatic rings. The topological polar surface area (TPSA) is 53.5 Å². The van der Waals surface area contributed by atoms with E-state index in [1.54, 1.807) is 22.6 Å². The normalized spacial score (nSPS) is 17.3. The van der Waals surface area contributed by atoms with Gasteiger partial charge in [0.05, 0.1) is 0 Å². The van der Waals surface area contributed by atoms with Crippen molar-refractivity contribution in [1.82, 2.24) is 14.2 Å². The van der Waals surface area contributed by atoms with E-state index in [2.05, 4.69) is 28.9 Å². The predicted molar refractivity (Wildman–Crippen MR) is 89.5 cm³/mol. The van der Waals surface area contributed by atoms with Crippen LogP contribution in [0.2, 0.25) is 0 Å². The van der Waals surface area contributed by atoms with Crippen molar-refractivity contribution in [2.75, 3.05) is 26.2 Å².